The van der Waals surface area contributed by atoms with Crippen molar-refractivity contribution < 1.29 is 14.6 Å². The average molecular weight is 372 g/mol. The summed E-state index contributed by atoms with van der Waals surface area (Å²) < 4.78 is 7.57. The molecule has 5 heteroatoms. The molecule has 2 aromatic carbocycles. The molecule has 0 aliphatic carbocycles. The molecule has 0 saturated heterocycles. The van der Waals surface area contributed by atoms with Crippen LogP contribution in [0.25, 0.3) is 22.0 Å². The second-order valence-corrected chi connectivity index (χ2v) is 6.63. The molecule has 1 N–H and O–H groups in total. The fourth-order valence-corrected chi connectivity index (χ4v) is 3.48. The van der Waals surface area contributed by atoms with Crippen LogP contribution < -0.4 is 4.74 Å². The van der Waals surface area contributed by atoms with Crippen molar-refractivity contribution in [3.63, 3.8) is 0 Å². The minimum absolute atomic E-state index is 0.345. The zero-order valence-corrected chi connectivity index (χ0v) is 15.5. The largest absolute Gasteiger partial charge is 0.479 e. The fourth-order valence-electron chi connectivity index (χ4n) is 3.48. The number of aliphatic carboxylic acids is 1. The van der Waals surface area contributed by atoms with Crippen LogP contribution in [0.1, 0.15) is 11.3 Å². The summed E-state index contributed by atoms with van der Waals surface area (Å²) in [4.78, 5) is 15.0. The molecule has 0 saturated carbocycles. The first-order chi connectivity index (χ1) is 13.6. The Bertz CT molecular complexity index is 1130. The highest BCUT2D eigenvalue weighted by atomic mass is 16.5. The van der Waals surface area contributed by atoms with Gasteiger partial charge in [-0.15, -0.1) is 0 Å². The first-order valence-corrected chi connectivity index (χ1v) is 9.06. The summed E-state index contributed by atoms with van der Waals surface area (Å²) in [6, 6.07) is 22.6. The summed E-state index contributed by atoms with van der Waals surface area (Å²) in [5.74, 6) is -0.676. The van der Waals surface area contributed by atoms with Gasteiger partial charge in [0.2, 0.25) is 5.88 Å². The predicted octanol–water partition coefficient (Wildman–Crippen LogP) is 4.52. The summed E-state index contributed by atoms with van der Waals surface area (Å²) in [5.41, 5.74) is 5.61. The molecular weight excluding hydrogens is 352 g/mol. The number of aryl methyl sites for hydroxylation is 1. The smallest absolute Gasteiger partial charge is 0.341 e. The highest BCUT2D eigenvalue weighted by Gasteiger charge is 2.14. The first-order valence-electron chi connectivity index (χ1n) is 9.06. The molecule has 0 fully saturated rings. The molecule has 140 valence electrons. The van der Waals surface area contributed by atoms with Crippen molar-refractivity contribution in [2.75, 3.05) is 6.61 Å². The van der Waals surface area contributed by atoms with Crippen LogP contribution in [0.3, 0.4) is 0 Å². The van der Waals surface area contributed by atoms with Crippen LogP contribution in [0, 0.1) is 6.92 Å². The van der Waals surface area contributed by atoms with E-state index in [-0.39, 0.29) is 0 Å². The van der Waals surface area contributed by atoms with Crippen LogP contribution >= 0.6 is 0 Å². The molecule has 28 heavy (non-hydrogen) atoms. The maximum Gasteiger partial charge on any atom is 0.341 e. The number of pyridine rings is 1. The van der Waals surface area contributed by atoms with Gasteiger partial charge in [0.15, 0.2) is 6.61 Å². The SMILES string of the molecule is Cc1cc2c(OCC(=O)O)nccc2n1Cc1ccccc1-c1ccccc1. The Hall–Kier alpha value is -3.60. The van der Waals surface area contributed by atoms with E-state index in [0.29, 0.717) is 12.4 Å². The Labute approximate surface area is 162 Å². The Morgan fingerprint density at radius 3 is 2.61 bits per heavy atom. The van der Waals surface area contributed by atoms with Crippen LogP contribution in [0.15, 0.2) is 72.9 Å². The van der Waals surface area contributed by atoms with Gasteiger partial charge in [0, 0.05) is 18.4 Å². The molecule has 0 amide bonds. The van der Waals surface area contributed by atoms with Crippen molar-refractivity contribution in [1.29, 1.82) is 0 Å². The van der Waals surface area contributed by atoms with Crippen molar-refractivity contribution >= 4 is 16.9 Å². The van der Waals surface area contributed by atoms with Crippen molar-refractivity contribution in [1.82, 2.24) is 9.55 Å². The van der Waals surface area contributed by atoms with Crippen molar-refractivity contribution in [3.05, 3.63) is 84.2 Å². The zero-order valence-electron chi connectivity index (χ0n) is 15.5. The van der Waals surface area contributed by atoms with Crippen LogP contribution in [-0.2, 0) is 11.3 Å². The number of aromatic nitrogens is 2. The van der Waals surface area contributed by atoms with Gasteiger partial charge in [-0.3, -0.25) is 0 Å². The molecule has 0 atom stereocenters. The van der Waals surface area contributed by atoms with E-state index < -0.39 is 12.6 Å². The second kappa shape index (κ2) is 7.56. The Kier molecular flexibility index (Phi) is 4.81. The highest BCUT2D eigenvalue weighted by molar-refractivity contribution is 5.86. The highest BCUT2D eigenvalue weighted by Crippen LogP contribution is 2.30. The van der Waals surface area contributed by atoms with Crippen LogP contribution in [0.2, 0.25) is 0 Å². The number of fused-ring (bicyclic) bond motifs is 1. The standard InChI is InChI=1S/C23H20N2O3/c1-16-13-20-21(11-12-24-23(20)28-15-22(26)27)25(16)14-18-9-5-6-10-19(18)17-7-3-2-4-8-17/h2-13H,14-15H2,1H3,(H,26,27). The monoisotopic (exact) mass is 372 g/mol. The third-order valence-electron chi connectivity index (χ3n) is 4.76. The van der Waals surface area contributed by atoms with E-state index >= 15 is 0 Å². The lowest BCUT2D eigenvalue weighted by Gasteiger charge is -2.13. The van der Waals surface area contributed by atoms with E-state index in [0.717, 1.165) is 16.6 Å². The van der Waals surface area contributed by atoms with Gasteiger partial charge in [-0.2, -0.15) is 0 Å². The number of carboxylic acid groups (broad SMARTS) is 1. The van der Waals surface area contributed by atoms with Gasteiger partial charge >= 0.3 is 5.97 Å². The van der Waals surface area contributed by atoms with Gasteiger partial charge < -0.3 is 14.4 Å². The summed E-state index contributed by atoms with van der Waals surface area (Å²) in [6.07, 6.45) is 1.65. The van der Waals surface area contributed by atoms with Crippen molar-refractivity contribution in [2.45, 2.75) is 13.5 Å². The van der Waals surface area contributed by atoms with Crippen LogP contribution in [0.4, 0.5) is 0 Å². The number of hydrogen-bond acceptors (Lipinski definition) is 3. The van der Waals surface area contributed by atoms with Crippen molar-refractivity contribution in [3.8, 4) is 17.0 Å². The maximum absolute atomic E-state index is 10.8. The van der Waals surface area contributed by atoms with E-state index in [2.05, 4.69) is 33.8 Å². The van der Waals surface area contributed by atoms with Gasteiger partial charge in [-0.1, -0.05) is 54.6 Å². The lowest BCUT2D eigenvalue weighted by Crippen LogP contribution is -2.10. The minimum atomic E-state index is -1.02. The summed E-state index contributed by atoms with van der Waals surface area (Å²) in [6.45, 7) is 2.32. The molecular formula is C23H20N2O3. The molecule has 4 aromatic rings. The summed E-state index contributed by atoms with van der Waals surface area (Å²) in [5, 5.41) is 9.70. The van der Waals surface area contributed by atoms with E-state index in [1.807, 2.05) is 49.4 Å². The number of carbonyl (C=O) groups is 1. The third kappa shape index (κ3) is 3.47. The third-order valence-corrected chi connectivity index (χ3v) is 4.76. The van der Waals surface area contributed by atoms with Crippen LogP contribution in [-0.4, -0.2) is 27.2 Å². The summed E-state index contributed by atoms with van der Waals surface area (Å²) >= 11 is 0. The quantitative estimate of drug-likeness (QED) is 0.540. The topological polar surface area (TPSA) is 64.3 Å². The zero-order chi connectivity index (χ0) is 19.5. The van der Waals surface area contributed by atoms with Gasteiger partial charge in [0.25, 0.3) is 0 Å². The van der Waals surface area contributed by atoms with E-state index in [1.165, 1.54) is 16.7 Å². The average Bonchev–Trinajstić information content (AvgIpc) is 3.03. The molecule has 0 spiro atoms. The molecule has 0 bridgehead atoms. The Balaban J connectivity index is 1.75. The molecule has 0 aliphatic rings. The van der Waals surface area contributed by atoms with Gasteiger partial charge in [0.1, 0.15) is 0 Å². The number of benzene rings is 2. The fraction of sp³-hybridized carbons (Fsp3) is 0.130. The van der Waals surface area contributed by atoms with Gasteiger partial charge in [-0.25, -0.2) is 9.78 Å². The maximum atomic E-state index is 10.8. The predicted molar refractivity (Wildman–Crippen MR) is 109 cm³/mol. The second-order valence-electron chi connectivity index (χ2n) is 6.63. The van der Waals surface area contributed by atoms with E-state index in [1.54, 1.807) is 6.20 Å². The Morgan fingerprint density at radius 1 is 1.07 bits per heavy atom. The molecule has 5 nitrogen and oxygen atoms in total. The molecule has 0 aliphatic heterocycles. The number of rotatable bonds is 6. The molecule has 0 unspecified atom stereocenters. The normalized spacial score (nSPS) is 10.9. The number of nitrogens with zero attached hydrogens (tertiary/aromatic N) is 2. The number of hydrogen-bond donors (Lipinski definition) is 1. The first kappa shape index (κ1) is 17.8. The van der Waals surface area contributed by atoms with Crippen LogP contribution in [0.5, 0.6) is 5.88 Å². The van der Waals surface area contributed by atoms with E-state index in [4.69, 9.17) is 9.84 Å². The number of ether oxygens (including phenoxy) is 1. The lowest BCUT2D eigenvalue weighted by atomic mass is 9.99. The molecule has 0 radical (unpaired) electrons. The Morgan fingerprint density at radius 2 is 1.82 bits per heavy atom. The van der Waals surface area contributed by atoms with Crippen molar-refractivity contribution in [2.24, 2.45) is 0 Å². The number of carboxylic acids is 1. The van der Waals surface area contributed by atoms with Gasteiger partial charge in [0.05, 0.1) is 10.9 Å². The van der Waals surface area contributed by atoms with Gasteiger partial charge in [-0.05, 0) is 35.7 Å². The minimum Gasteiger partial charge on any atom is -0.479 e. The lowest BCUT2D eigenvalue weighted by molar-refractivity contribution is -0.139. The summed E-state index contributed by atoms with van der Waals surface area (Å²) in [7, 11) is 0. The molecule has 2 heterocycles. The molecule has 4 rings (SSSR count). The molecule has 2 aromatic heterocycles. The van der Waals surface area contributed by atoms with E-state index in [9.17, 15) is 4.79 Å².